The van der Waals surface area contributed by atoms with E-state index in [9.17, 15) is 13.2 Å². The van der Waals surface area contributed by atoms with E-state index in [0.717, 1.165) is 44.2 Å². The van der Waals surface area contributed by atoms with Gasteiger partial charge in [-0.2, -0.15) is 0 Å². The first kappa shape index (κ1) is 32.3. The van der Waals surface area contributed by atoms with Crippen LogP contribution in [0.1, 0.15) is 19.4 Å². The van der Waals surface area contributed by atoms with Crippen molar-refractivity contribution in [2.45, 2.75) is 51.7 Å². The number of carbonyl (C=O) groups is 1. The van der Waals surface area contributed by atoms with Gasteiger partial charge in [0.2, 0.25) is 5.91 Å². The molecule has 3 heterocycles. The first-order chi connectivity index (χ1) is 20.7. The van der Waals surface area contributed by atoms with Crippen molar-refractivity contribution in [2.24, 2.45) is 0 Å². The number of amides is 1. The Labute approximate surface area is 269 Å². The van der Waals surface area contributed by atoms with Gasteiger partial charge in [-0.3, -0.25) is 4.79 Å². The van der Waals surface area contributed by atoms with Gasteiger partial charge in [0.1, 0.15) is 24.5 Å². The van der Waals surface area contributed by atoms with E-state index in [-0.39, 0.29) is 17.4 Å². The molecule has 2 aromatic carbocycles. The second-order valence-corrected chi connectivity index (χ2v) is 21.9. The maximum Gasteiger partial charge on any atom is 0.234 e. The highest BCUT2D eigenvalue weighted by atomic mass is 79.9. The van der Waals surface area contributed by atoms with Crippen LogP contribution in [0.3, 0.4) is 0 Å². The molecule has 0 bridgehead atoms. The lowest BCUT2D eigenvalue weighted by Gasteiger charge is -2.28. The van der Waals surface area contributed by atoms with E-state index in [4.69, 9.17) is 4.74 Å². The molecule has 0 spiro atoms. The number of hydrogen-bond acceptors (Lipinski definition) is 7. The summed E-state index contributed by atoms with van der Waals surface area (Å²) in [4.78, 5) is 24.5. The van der Waals surface area contributed by atoms with Gasteiger partial charge in [-0.25, -0.2) is 18.4 Å². The van der Waals surface area contributed by atoms with Gasteiger partial charge in [-0.15, -0.1) is 0 Å². The number of hydrogen-bond donors (Lipinski definition) is 1. The first-order valence-corrected chi connectivity index (χ1v) is 21.1. The smallest absolute Gasteiger partial charge is 0.234 e. The minimum atomic E-state index is -3.03. The fourth-order valence-corrected chi connectivity index (χ4v) is 7.51. The van der Waals surface area contributed by atoms with Gasteiger partial charge in [0.25, 0.3) is 0 Å². The third kappa shape index (κ3) is 7.41. The predicted molar refractivity (Wildman–Crippen MR) is 184 cm³/mol. The number of nitrogens with zero attached hydrogens (tertiary/aromatic N) is 4. The number of halogens is 1. The molecule has 2 aromatic heterocycles. The molecular formula is C32H40BrN5O4SSi. The zero-order chi connectivity index (χ0) is 31.7. The summed E-state index contributed by atoms with van der Waals surface area (Å²) in [5.74, 6) is 0.844. The maximum atomic E-state index is 13.3. The largest absolute Gasteiger partial charge is 0.361 e. The van der Waals surface area contributed by atoms with E-state index >= 15 is 0 Å². The Bertz CT molecular complexity index is 1750. The summed E-state index contributed by atoms with van der Waals surface area (Å²) in [5, 5.41) is 3.93. The summed E-state index contributed by atoms with van der Waals surface area (Å²) < 4.78 is 33.3. The van der Waals surface area contributed by atoms with Crippen LogP contribution in [0.2, 0.25) is 25.7 Å². The SMILES string of the molecule is CC(C)(C(=O)Nc1ccc(-c2cc3c(N4CCS(=O)(=O)CC4)ncnc3n2COCC[Si](C)(C)C)cc1)c1cccc(Br)c1. The Balaban J connectivity index is 1.44. The molecule has 9 nitrogen and oxygen atoms in total. The lowest BCUT2D eigenvalue weighted by atomic mass is 9.83. The monoisotopic (exact) mass is 697 g/mol. The molecule has 1 N–H and O–H groups in total. The molecule has 0 saturated carbocycles. The predicted octanol–water partition coefficient (Wildman–Crippen LogP) is 6.32. The van der Waals surface area contributed by atoms with Crippen LogP contribution in [-0.2, 0) is 31.5 Å². The minimum Gasteiger partial charge on any atom is -0.361 e. The van der Waals surface area contributed by atoms with E-state index in [1.807, 2.05) is 67.3 Å². The highest BCUT2D eigenvalue weighted by Gasteiger charge is 2.30. The summed E-state index contributed by atoms with van der Waals surface area (Å²) in [6, 6.07) is 18.7. The number of anilines is 2. The fourth-order valence-electron chi connectivity index (χ4n) is 5.15. The molecule has 1 amide bonds. The van der Waals surface area contributed by atoms with Crippen LogP contribution in [0.15, 0.2) is 65.4 Å². The molecule has 44 heavy (non-hydrogen) atoms. The van der Waals surface area contributed by atoms with Crippen molar-refractivity contribution in [2.75, 3.05) is 41.4 Å². The Morgan fingerprint density at radius 3 is 2.41 bits per heavy atom. The van der Waals surface area contributed by atoms with Crippen molar-refractivity contribution in [1.29, 1.82) is 0 Å². The Hall–Kier alpha value is -3.06. The number of aromatic nitrogens is 3. The Morgan fingerprint density at radius 1 is 1.05 bits per heavy atom. The van der Waals surface area contributed by atoms with Gasteiger partial charge in [0.15, 0.2) is 9.84 Å². The van der Waals surface area contributed by atoms with Crippen molar-refractivity contribution in [3.05, 3.63) is 71.0 Å². The molecule has 12 heteroatoms. The van der Waals surface area contributed by atoms with Crippen LogP contribution in [0, 0.1) is 0 Å². The van der Waals surface area contributed by atoms with Crippen LogP contribution in [-0.4, -0.2) is 68.1 Å². The second-order valence-electron chi connectivity index (χ2n) is 13.0. The molecule has 4 aromatic rings. The average molecular weight is 699 g/mol. The normalized spacial score (nSPS) is 15.5. The highest BCUT2D eigenvalue weighted by molar-refractivity contribution is 9.10. The van der Waals surface area contributed by atoms with Crippen molar-refractivity contribution in [1.82, 2.24) is 14.5 Å². The molecule has 5 rings (SSSR count). The number of rotatable bonds is 10. The fraction of sp³-hybridized carbons (Fsp3) is 0.406. The summed E-state index contributed by atoms with van der Waals surface area (Å²) >= 11 is 3.50. The molecule has 0 aliphatic carbocycles. The van der Waals surface area contributed by atoms with Crippen LogP contribution in [0.5, 0.6) is 0 Å². The zero-order valence-corrected chi connectivity index (χ0v) is 29.3. The van der Waals surface area contributed by atoms with Crippen molar-refractivity contribution < 1.29 is 17.9 Å². The third-order valence-electron chi connectivity index (χ3n) is 8.08. The first-order valence-electron chi connectivity index (χ1n) is 14.8. The molecule has 1 aliphatic heterocycles. The zero-order valence-electron chi connectivity index (χ0n) is 25.9. The van der Waals surface area contributed by atoms with Gasteiger partial charge < -0.3 is 19.5 Å². The summed E-state index contributed by atoms with van der Waals surface area (Å²) in [6.45, 7) is 12.6. The quantitative estimate of drug-likeness (QED) is 0.153. The second kappa shape index (κ2) is 12.7. The van der Waals surface area contributed by atoms with Crippen LogP contribution >= 0.6 is 15.9 Å². The minimum absolute atomic E-state index is 0.100. The molecule has 0 radical (unpaired) electrons. The van der Waals surface area contributed by atoms with Crippen molar-refractivity contribution >= 4 is 62.3 Å². The van der Waals surface area contributed by atoms with Crippen LogP contribution in [0.25, 0.3) is 22.3 Å². The molecule has 0 unspecified atom stereocenters. The lowest BCUT2D eigenvalue weighted by molar-refractivity contribution is -0.120. The van der Waals surface area contributed by atoms with Crippen molar-refractivity contribution in [3.8, 4) is 11.3 Å². The van der Waals surface area contributed by atoms with Crippen LogP contribution < -0.4 is 10.2 Å². The summed E-state index contributed by atoms with van der Waals surface area (Å²) in [6.07, 6.45) is 1.54. The molecule has 0 atom stereocenters. The molecule has 234 valence electrons. The van der Waals surface area contributed by atoms with Gasteiger partial charge >= 0.3 is 0 Å². The topological polar surface area (TPSA) is 106 Å². The Kier molecular flexibility index (Phi) is 9.36. The highest BCUT2D eigenvalue weighted by Crippen LogP contribution is 2.34. The number of sulfone groups is 1. The number of benzene rings is 2. The van der Waals surface area contributed by atoms with Gasteiger partial charge in [-0.1, -0.05) is 59.8 Å². The van der Waals surface area contributed by atoms with E-state index in [1.54, 1.807) is 0 Å². The molecule has 1 aliphatic rings. The molecule has 1 saturated heterocycles. The van der Waals surface area contributed by atoms with Gasteiger partial charge in [-0.05, 0) is 61.4 Å². The lowest BCUT2D eigenvalue weighted by Crippen LogP contribution is -2.40. The Morgan fingerprint density at radius 2 is 1.75 bits per heavy atom. The summed E-state index contributed by atoms with van der Waals surface area (Å²) in [7, 11) is -4.29. The maximum absolute atomic E-state index is 13.3. The van der Waals surface area contributed by atoms with E-state index in [2.05, 4.69) is 61.5 Å². The van der Waals surface area contributed by atoms with Gasteiger partial charge in [0, 0.05) is 37.9 Å². The molecular weight excluding hydrogens is 658 g/mol. The number of nitrogens with one attached hydrogen (secondary N) is 1. The van der Waals surface area contributed by atoms with Crippen LogP contribution in [0.4, 0.5) is 11.5 Å². The van der Waals surface area contributed by atoms with Crippen molar-refractivity contribution in [3.63, 3.8) is 0 Å². The molecule has 1 fully saturated rings. The van der Waals surface area contributed by atoms with E-state index in [1.165, 1.54) is 6.33 Å². The number of fused-ring (bicyclic) bond motifs is 1. The van der Waals surface area contributed by atoms with E-state index in [0.29, 0.717) is 32.1 Å². The number of ether oxygens (including phenoxy) is 1. The third-order valence-corrected chi connectivity index (χ3v) is 11.9. The standard InChI is InChI=1S/C32H40BrN5O4SSi/c1-32(2,24-7-6-8-25(33)19-24)31(39)36-26-11-9-23(10-12-26)28-20-27-29(37-13-16-43(40,41)17-14-37)34-21-35-30(27)38(28)22-42-15-18-44(3,4)5/h6-12,19-21H,13-18,22H2,1-5H3,(H,36,39). The summed E-state index contributed by atoms with van der Waals surface area (Å²) in [5.41, 5.74) is 3.47. The number of carbonyl (C=O) groups excluding carboxylic acids is 1. The average Bonchev–Trinajstić information content (AvgIpc) is 3.34. The van der Waals surface area contributed by atoms with Gasteiger partial charge in [0.05, 0.1) is 28.0 Å². The van der Waals surface area contributed by atoms with E-state index < -0.39 is 23.3 Å².